The van der Waals surface area contributed by atoms with E-state index in [1.54, 1.807) is 12.4 Å². The summed E-state index contributed by atoms with van der Waals surface area (Å²) in [5.41, 5.74) is 2.64. The lowest BCUT2D eigenvalue weighted by Crippen LogP contribution is -2.30. The summed E-state index contributed by atoms with van der Waals surface area (Å²) >= 11 is 0. The van der Waals surface area contributed by atoms with Gasteiger partial charge in [-0.15, -0.1) is 0 Å². The third kappa shape index (κ3) is 3.86. The second-order valence-electron chi connectivity index (χ2n) is 5.92. The Balaban J connectivity index is 1.60. The van der Waals surface area contributed by atoms with Gasteiger partial charge in [-0.2, -0.15) is 0 Å². The van der Waals surface area contributed by atoms with E-state index in [-0.39, 0.29) is 5.91 Å². The molecule has 0 aliphatic carbocycles. The molecule has 0 radical (unpaired) electrons. The number of aromatic nitrogens is 2. The predicted octanol–water partition coefficient (Wildman–Crippen LogP) is 2.71. The molecule has 1 fully saturated rings. The number of benzene rings is 1. The highest BCUT2D eigenvalue weighted by atomic mass is 16.1. The number of carbonyl (C=O) groups is 1. The number of hydrogen-bond donors (Lipinski definition) is 1. The van der Waals surface area contributed by atoms with Crippen molar-refractivity contribution in [3.8, 4) is 0 Å². The second-order valence-corrected chi connectivity index (χ2v) is 5.92. The minimum atomic E-state index is -0.189. The zero-order chi connectivity index (χ0) is 16.1. The molecule has 3 rings (SSSR count). The highest BCUT2D eigenvalue weighted by Gasteiger charge is 2.14. The monoisotopic (exact) mass is 310 g/mol. The van der Waals surface area contributed by atoms with Crippen LogP contribution < -0.4 is 10.2 Å². The van der Waals surface area contributed by atoms with Gasteiger partial charge in [0.2, 0.25) is 0 Å². The molecule has 5 nitrogen and oxygen atoms in total. The van der Waals surface area contributed by atoms with Crippen molar-refractivity contribution >= 4 is 11.7 Å². The third-order valence-corrected chi connectivity index (χ3v) is 4.25. The number of aryl methyl sites for hydroxylation is 1. The molecule has 0 bridgehead atoms. The maximum absolute atomic E-state index is 12.2. The molecule has 1 aromatic heterocycles. The normalized spacial score (nSPS) is 14.6. The van der Waals surface area contributed by atoms with Crippen LogP contribution in [0.2, 0.25) is 0 Å². The van der Waals surface area contributed by atoms with Crippen molar-refractivity contribution in [3.05, 3.63) is 53.5 Å². The molecule has 0 saturated carbocycles. The van der Waals surface area contributed by atoms with E-state index in [9.17, 15) is 4.79 Å². The molecule has 0 unspecified atom stereocenters. The summed E-state index contributed by atoms with van der Waals surface area (Å²) in [6.07, 6.45) is 6.94. The van der Waals surface area contributed by atoms with Crippen LogP contribution in [0.4, 0.5) is 5.82 Å². The highest BCUT2D eigenvalue weighted by molar-refractivity contribution is 5.92. The number of carbonyl (C=O) groups excluding carboxylic acids is 1. The highest BCUT2D eigenvalue weighted by Crippen LogP contribution is 2.16. The summed E-state index contributed by atoms with van der Waals surface area (Å²) in [7, 11) is 0. The van der Waals surface area contributed by atoms with Gasteiger partial charge < -0.3 is 10.2 Å². The summed E-state index contributed by atoms with van der Waals surface area (Å²) in [6, 6.07) is 8.02. The molecule has 2 aromatic rings. The van der Waals surface area contributed by atoms with E-state index in [4.69, 9.17) is 0 Å². The average molecular weight is 310 g/mol. The zero-order valence-corrected chi connectivity index (χ0v) is 13.5. The number of anilines is 1. The summed E-state index contributed by atoms with van der Waals surface area (Å²) in [6.45, 7) is 4.58. The maximum Gasteiger partial charge on any atom is 0.271 e. The first kappa shape index (κ1) is 15.5. The average Bonchev–Trinajstić information content (AvgIpc) is 2.62. The molecule has 1 N–H and O–H groups in total. The summed E-state index contributed by atoms with van der Waals surface area (Å²) in [5.74, 6) is 0.672. The number of nitrogens with one attached hydrogen (secondary N) is 1. The van der Waals surface area contributed by atoms with E-state index >= 15 is 0 Å². The van der Waals surface area contributed by atoms with E-state index in [2.05, 4.69) is 20.2 Å². The van der Waals surface area contributed by atoms with Gasteiger partial charge in [0.15, 0.2) is 0 Å². The van der Waals surface area contributed by atoms with Crippen LogP contribution in [0.3, 0.4) is 0 Å². The molecule has 1 aromatic carbocycles. The molecule has 120 valence electrons. The Bertz CT molecular complexity index is 663. The first-order valence-electron chi connectivity index (χ1n) is 8.14. The van der Waals surface area contributed by atoms with Gasteiger partial charge in [-0.3, -0.25) is 4.79 Å². The Hall–Kier alpha value is -2.43. The SMILES string of the molecule is Cc1ccccc1CNC(=O)c1cnc(N2CCCCC2)cn1. The van der Waals surface area contributed by atoms with Gasteiger partial charge in [0, 0.05) is 19.6 Å². The predicted molar refractivity (Wildman–Crippen MR) is 90.4 cm³/mol. The Morgan fingerprint density at radius 3 is 2.61 bits per heavy atom. The summed E-state index contributed by atoms with van der Waals surface area (Å²) in [4.78, 5) is 23.1. The fourth-order valence-electron chi connectivity index (χ4n) is 2.80. The Morgan fingerprint density at radius 1 is 1.13 bits per heavy atom. The largest absolute Gasteiger partial charge is 0.355 e. The van der Waals surface area contributed by atoms with Crippen LogP contribution in [0.1, 0.15) is 40.9 Å². The Labute approximate surface area is 136 Å². The molecule has 0 atom stereocenters. The van der Waals surface area contributed by atoms with Gasteiger partial charge >= 0.3 is 0 Å². The van der Waals surface area contributed by atoms with E-state index < -0.39 is 0 Å². The lowest BCUT2D eigenvalue weighted by atomic mass is 10.1. The minimum absolute atomic E-state index is 0.189. The topological polar surface area (TPSA) is 58.1 Å². The van der Waals surface area contributed by atoms with Crippen molar-refractivity contribution in [2.24, 2.45) is 0 Å². The molecule has 2 heterocycles. The first-order valence-corrected chi connectivity index (χ1v) is 8.14. The van der Waals surface area contributed by atoms with Gasteiger partial charge in [0.1, 0.15) is 11.5 Å². The lowest BCUT2D eigenvalue weighted by molar-refractivity contribution is 0.0945. The van der Waals surface area contributed by atoms with E-state index in [1.165, 1.54) is 24.8 Å². The first-order chi connectivity index (χ1) is 11.2. The molecule has 5 heteroatoms. The number of amides is 1. The van der Waals surface area contributed by atoms with E-state index in [1.807, 2.05) is 31.2 Å². The smallest absolute Gasteiger partial charge is 0.271 e. The van der Waals surface area contributed by atoms with Gasteiger partial charge in [-0.25, -0.2) is 9.97 Å². The Morgan fingerprint density at radius 2 is 1.91 bits per heavy atom. The van der Waals surface area contributed by atoms with Crippen molar-refractivity contribution in [1.82, 2.24) is 15.3 Å². The minimum Gasteiger partial charge on any atom is -0.355 e. The number of hydrogen-bond acceptors (Lipinski definition) is 4. The van der Waals surface area contributed by atoms with Gasteiger partial charge in [0.25, 0.3) is 5.91 Å². The molecular formula is C18H22N4O. The van der Waals surface area contributed by atoms with Crippen LogP contribution in [0.5, 0.6) is 0 Å². The number of piperidine rings is 1. The zero-order valence-electron chi connectivity index (χ0n) is 13.5. The molecule has 0 spiro atoms. The molecule has 1 aliphatic heterocycles. The van der Waals surface area contributed by atoms with Gasteiger partial charge in [-0.05, 0) is 37.3 Å². The van der Waals surface area contributed by atoms with E-state index in [0.717, 1.165) is 24.5 Å². The molecular weight excluding hydrogens is 288 g/mol. The standard InChI is InChI=1S/C18H22N4O/c1-14-7-3-4-8-15(14)11-21-18(23)16-12-20-17(13-19-16)22-9-5-2-6-10-22/h3-4,7-8,12-13H,2,5-6,9-11H2,1H3,(H,21,23). The van der Waals surface area contributed by atoms with Crippen LogP contribution >= 0.6 is 0 Å². The van der Waals surface area contributed by atoms with Crippen LogP contribution in [-0.4, -0.2) is 29.0 Å². The van der Waals surface area contributed by atoms with Crippen molar-refractivity contribution in [3.63, 3.8) is 0 Å². The fourth-order valence-corrected chi connectivity index (χ4v) is 2.80. The number of nitrogens with zero attached hydrogens (tertiary/aromatic N) is 3. The molecule has 1 saturated heterocycles. The second kappa shape index (κ2) is 7.22. The maximum atomic E-state index is 12.2. The van der Waals surface area contributed by atoms with Crippen LogP contribution in [-0.2, 0) is 6.54 Å². The summed E-state index contributed by atoms with van der Waals surface area (Å²) in [5, 5.41) is 2.90. The Kier molecular flexibility index (Phi) is 4.86. The van der Waals surface area contributed by atoms with Crippen molar-refractivity contribution in [2.75, 3.05) is 18.0 Å². The van der Waals surface area contributed by atoms with Gasteiger partial charge in [0.05, 0.1) is 12.4 Å². The molecule has 23 heavy (non-hydrogen) atoms. The lowest BCUT2D eigenvalue weighted by Gasteiger charge is -2.27. The van der Waals surface area contributed by atoms with Crippen LogP contribution in [0.25, 0.3) is 0 Å². The van der Waals surface area contributed by atoms with Gasteiger partial charge in [-0.1, -0.05) is 24.3 Å². The van der Waals surface area contributed by atoms with Crippen LogP contribution in [0, 0.1) is 6.92 Å². The van der Waals surface area contributed by atoms with Crippen LogP contribution in [0.15, 0.2) is 36.7 Å². The third-order valence-electron chi connectivity index (χ3n) is 4.25. The molecule has 1 aliphatic rings. The molecule has 1 amide bonds. The van der Waals surface area contributed by atoms with Crippen molar-refractivity contribution < 1.29 is 4.79 Å². The quantitative estimate of drug-likeness (QED) is 0.943. The number of rotatable bonds is 4. The fraction of sp³-hybridized carbons (Fsp3) is 0.389. The van der Waals surface area contributed by atoms with Crippen molar-refractivity contribution in [1.29, 1.82) is 0 Å². The van der Waals surface area contributed by atoms with Crippen molar-refractivity contribution in [2.45, 2.75) is 32.7 Å². The van der Waals surface area contributed by atoms with E-state index in [0.29, 0.717) is 12.2 Å². The summed E-state index contributed by atoms with van der Waals surface area (Å²) < 4.78 is 0.